The van der Waals surface area contributed by atoms with Gasteiger partial charge in [0.25, 0.3) is 0 Å². The smallest absolute Gasteiger partial charge is 0.321 e. The molecule has 0 atom stereocenters. The van der Waals surface area contributed by atoms with Crippen LogP contribution >= 0.6 is 0 Å². The number of rotatable bonds is 7. The van der Waals surface area contributed by atoms with Crippen LogP contribution in [0.15, 0.2) is 54.6 Å². The molecule has 27 heavy (non-hydrogen) atoms. The molecule has 0 radical (unpaired) electrons. The predicted molar refractivity (Wildman–Crippen MR) is 104 cm³/mol. The van der Waals surface area contributed by atoms with Gasteiger partial charge >= 0.3 is 12.0 Å². The first-order valence-corrected chi connectivity index (χ1v) is 8.51. The highest BCUT2D eigenvalue weighted by Crippen LogP contribution is 2.15. The molecule has 142 valence electrons. The third-order valence-electron chi connectivity index (χ3n) is 4.09. The summed E-state index contributed by atoms with van der Waals surface area (Å²) in [5.41, 5.74) is 2.24. The molecule has 7 heteroatoms. The Hall–Kier alpha value is -3.35. The van der Waals surface area contributed by atoms with Crippen molar-refractivity contribution in [1.29, 1.82) is 0 Å². The molecule has 0 saturated carbocycles. The average molecular weight is 369 g/mol. The fourth-order valence-corrected chi connectivity index (χ4v) is 2.38. The van der Waals surface area contributed by atoms with E-state index in [0.29, 0.717) is 5.69 Å². The highest BCUT2D eigenvalue weighted by molar-refractivity contribution is 5.94. The maximum absolute atomic E-state index is 12.4. The first-order valence-electron chi connectivity index (χ1n) is 8.51. The quantitative estimate of drug-likeness (QED) is 0.785. The number of urea groups is 1. The third kappa shape index (κ3) is 6.14. The molecule has 0 bridgehead atoms. The Morgan fingerprint density at radius 1 is 0.963 bits per heavy atom. The molecule has 0 aliphatic carbocycles. The third-order valence-corrected chi connectivity index (χ3v) is 4.09. The van der Waals surface area contributed by atoms with E-state index >= 15 is 0 Å². The SMILES string of the molecule is CN(CCC(=O)O)C(=O)Nc1ccc(CC(=O)N(C)c2ccccc2)cc1. The largest absolute Gasteiger partial charge is 0.481 e. The van der Waals surface area contributed by atoms with Gasteiger partial charge in [-0.2, -0.15) is 0 Å². The van der Waals surface area contributed by atoms with Crippen molar-refractivity contribution < 1.29 is 19.5 Å². The Bertz CT molecular complexity index is 791. The Morgan fingerprint density at radius 3 is 2.19 bits per heavy atom. The Morgan fingerprint density at radius 2 is 1.59 bits per heavy atom. The molecule has 7 nitrogen and oxygen atoms in total. The minimum absolute atomic E-state index is 0.0358. The van der Waals surface area contributed by atoms with E-state index in [-0.39, 0.29) is 31.3 Å². The number of hydrogen-bond acceptors (Lipinski definition) is 3. The minimum atomic E-state index is -0.954. The van der Waals surface area contributed by atoms with Crippen LogP contribution in [-0.2, 0) is 16.0 Å². The maximum atomic E-state index is 12.4. The summed E-state index contributed by atoms with van der Waals surface area (Å²) in [4.78, 5) is 37.9. The van der Waals surface area contributed by atoms with Crippen molar-refractivity contribution in [3.63, 3.8) is 0 Å². The molecule has 2 aromatic carbocycles. The molecule has 0 unspecified atom stereocenters. The number of hydrogen-bond donors (Lipinski definition) is 2. The summed E-state index contributed by atoms with van der Waals surface area (Å²) < 4.78 is 0. The second kappa shape index (κ2) is 9.38. The molecular weight excluding hydrogens is 346 g/mol. The number of anilines is 2. The van der Waals surface area contributed by atoms with Crippen LogP contribution < -0.4 is 10.2 Å². The van der Waals surface area contributed by atoms with Crippen LogP contribution in [0.2, 0.25) is 0 Å². The Balaban J connectivity index is 1.90. The van der Waals surface area contributed by atoms with E-state index < -0.39 is 5.97 Å². The van der Waals surface area contributed by atoms with E-state index in [9.17, 15) is 14.4 Å². The zero-order valence-electron chi connectivity index (χ0n) is 15.4. The van der Waals surface area contributed by atoms with Crippen molar-refractivity contribution in [1.82, 2.24) is 4.90 Å². The Labute approximate surface area is 158 Å². The van der Waals surface area contributed by atoms with Gasteiger partial charge in [-0.15, -0.1) is 0 Å². The number of nitrogens with zero attached hydrogens (tertiary/aromatic N) is 2. The molecule has 0 spiro atoms. The zero-order chi connectivity index (χ0) is 19.8. The summed E-state index contributed by atoms with van der Waals surface area (Å²) in [6, 6.07) is 16.0. The van der Waals surface area contributed by atoms with Crippen LogP contribution in [0.3, 0.4) is 0 Å². The number of carboxylic acid groups (broad SMARTS) is 1. The van der Waals surface area contributed by atoms with Crippen LogP contribution in [0, 0.1) is 0 Å². The second-order valence-electron chi connectivity index (χ2n) is 6.16. The number of amides is 3. The van der Waals surface area contributed by atoms with Gasteiger partial charge in [0.2, 0.25) is 5.91 Å². The lowest BCUT2D eigenvalue weighted by Gasteiger charge is -2.18. The molecule has 2 N–H and O–H groups in total. The van der Waals surface area contributed by atoms with Crippen molar-refractivity contribution >= 4 is 29.3 Å². The molecule has 2 aromatic rings. The van der Waals surface area contributed by atoms with Crippen molar-refractivity contribution in [2.24, 2.45) is 0 Å². The van der Waals surface area contributed by atoms with Gasteiger partial charge < -0.3 is 20.2 Å². The second-order valence-corrected chi connectivity index (χ2v) is 6.16. The lowest BCUT2D eigenvalue weighted by Crippen LogP contribution is -2.33. The van der Waals surface area contributed by atoms with Crippen LogP contribution in [0.1, 0.15) is 12.0 Å². The van der Waals surface area contributed by atoms with Gasteiger partial charge in [0.1, 0.15) is 0 Å². The van der Waals surface area contributed by atoms with E-state index in [1.54, 1.807) is 36.2 Å². The molecule has 0 fully saturated rings. The van der Waals surface area contributed by atoms with Crippen molar-refractivity contribution in [3.8, 4) is 0 Å². The fourth-order valence-electron chi connectivity index (χ4n) is 2.38. The standard InChI is InChI=1S/C20H23N3O4/c1-22(13-12-19(25)26)20(27)21-16-10-8-15(9-11-16)14-18(24)23(2)17-6-4-3-5-7-17/h3-11H,12-14H2,1-2H3,(H,21,27)(H,25,26). The number of carbonyl (C=O) groups is 3. The molecule has 0 aliphatic rings. The number of aliphatic carboxylic acids is 1. The monoisotopic (exact) mass is 369 g/mol. The van der Waals surface area contributed by atoms with E-state index in [1.807, 2.05) is 30.3 Å². The van der Waals surface area contributed by atoms with Crippen molar-refractivity contribution in [2.45, 2.75) is 12.8 Å². The number of para-hydroxylation sites is 1. The number of carboxylic acids is 1. The van der Waals surface area contributed by atoms with Crippen molar-refractivity contribution in [3.05, 3.63) is 60.2 Å². The molecular formula is C20H23N3O4. The van der Waals surface area contributed by atoms with Crippen molar-refractivity contribution in [2.75, 3.05) is 30.9 Å². The summed E-state index contributed by atoms with van der Waals surface area (Å²) in [5.74, 6) is -0.990. The van der Waals surface area contributed by atoms with Gasteiger partial charge in [-0.3, -0.25) is 9.59 Å². The lowest BCUT2D eigenvalue weighted by atomic mass is 10.1. The molecule has 0 saturated heterocycles. The van der Waals surface area contributed by atoms with Gasteiger partial charge in [-0.25, -0.2) is 4.79 Å². The van der Waals surface area contributed by atoms with Gasteiger partial charge in [-0.1, -0.05) is 30.3 Å². The van der Waals surface area contributed by atoms with Crippen LogP contribution in [-0.4, -0.2) is 48.6 Å². The van der Waals surface area contributed by atoms with Gasteiger partial charge in [0.05, 0.1) is 12.8 Å². The van der Waals surface area contributed by atoms with Crippen LogP contribution in [0.5, 0.6) is 0 Å². The Kier molecular flexibility index (Phi) is 6.93. The van der Waals surface area contributed by atoms with Gasteiger partial charge in [0.15, 0.2) is 0 Å². The first kappa shape index (κ1) is 20.0. The fraction of sp³-hybridized carbons (Fsp3) is 0.250. The highest BCUT2D eigenvalue weighted by Gasteiger charge is 2.13. The average Bonchev–Trinajstić information content (AvgIpc) is 2.67. The summed E-state index contributed by atoms with van der Waals surface area (Å²) >= 11 is 0. The highest BCUT2D eigenvalue weighted by atomic mass is 16.4. The van der Waals surface area contributed by atoms with Gasteiger partial charge in [0, 0.05) is 32.0 Å². The molecule has 0 aromatic heterocycles. The lowest BCUT2D eigenvalue weighted by molar-refractivity contribution is -0.137. The van der Waals surface area contributed by atoms with E-state index in [1.165, 1.54) is 11.9 Å². The van der Waals surface area contributed by atoms with Crippen LogP contribution in [0.25, 0.3) is 0 Å². The number of nitrogens with one attached hydrogen (secondary N) is 1. The molecule has 3 amide bonds. The summed E-state index contributed by atoms with van der Waals surface area (Å²) in [7, 11) is 3.27. The number of carbonyl (C=O) groups excluding carboxylic acids is 2. The zero-order valence-corrected chi connectivity index (χ0v) is 15.4. The number of likely N-dealkylation sites (N-methyl/N-ethyl adjacent to an activating group) is 1. The van der Waals surface area contributed by atoms with E-state index in [0.717, 1.165) is 11.3 Å². The topological polar surface area (TPSA) is 90.0 Å². The van der Waals surface area contributed by atoms with E-state index in [4.69, 9.17) is 5.11 Å². The summed E-state index contributed by atoms with van der Waals surface area (Å²) in [6.45, 7) is 0.125. The number of benzene rings is 2. The normalized spacial score (nSPS) is 10.1. The summed E-state index contributed by atoms with van der Waals surface area (Å²) in [6.07, 6.45) is 0.137. The van der Waals surface area contributed by atoms with Crippen LogP contribution in [0.4, 0.5) is 16.2 Å². The van der Waals surface area contributed by atoms with Gasteiger partial charge in [-0.05, 0) is 29.8 Å². The summed E-state index contributed by atoms with van der Waals surface area (Å²) in [5, 5.41) is 11.4. The minimum Gasteiger partial charge on any atom is -0.481 e. The molecule has 0 heterocycles. The first-order chi connectivity index (χ1) is 12.9. The molecule has 0 aliphatic heterocycles. The molecule has 2 rings (SSSR count). The van der Waals surface area contributed by atoms with E-state index in [2.05, 4.69) is 5.32 Å². The predicted octanol–water partition coefficient (Wildman–Crippen LogP) is 2.83. The maximum Gasteiger partial charge on any atom is 0.321 e.